The number of phenols is 1. The van der Waals surface area contributed by atoms with Gasteiger partial charge in [-0.25, -0.2) is 0 Å². The highest BCUT2D eigenvalue weighted by atomic mass is 79.9. The zero-order chi connectivity index (χ0) is 17.4. The van der Waals surface area contributed by atoms with Gasteiger partial charge >= 0.3 is 0 Å². The number of anilines is 1. The van der Waals surface area contributed by atoms with E-state index in [0.717, 1.165) is 59.4 Å². The van der Waals surface area contributed by atoms with Crippen LogP contribution in [0.2, 0.25) is 0 Å². The van der Waals surface area contributed by atoms with E-state index >= 15 is 0 Å². The second-order valence-corrected chi connectivity index (χ2v) is 7.18. The quantitative estimate of drug-likeness (QED) is 0.614. The van der Waals surface area contributed by atoms with E-state index in [1.54, 1.807) is 7.11 Å². The van der Waals surface area contributed by atoms with Crippen LogP contribution < -0.4 is 10.1 Å². The summed E-state index contributed by atoms with van der Waals surface area (Å²) in [5.41, 5.74) is 3.85. The van der Waals surface area contributed by atoms with Crippen LogP contribution in [0.25, 0.3) is 11.0 Å². The van der Waals surface area contributed by atoms with E-state index in [2.05, 4.69) is 21.2 Å². The number of aromatic hydroxyl groups is 1. The number of benzene rings is 2. The summed E-state index contributed by atoms with van der Waals surface area (Å²) in [7, 11) is 1.65. The topological polar surface area (TPSA) is 54.6 Å². The molecule has 1 aliphatic rings. The van der Waals surface area contributed by atoms with E-state index in [0.29, 0.717) is 11.0 Å². The van der Waals surface area contributed by atoms with E-state index in [1.165, 1.54) is 5.56 Å². The molecule has 2 aromatic carbocycles. The third kappa shape index (κ3) is 2.86. The van der Waals surface area contributed by atoms with Gasteiger partial charge in [-0.3, -0.25) is 0 Å². The summed E-state index contributed by atoms with van der Waals surface area (Å²) in [4.78, 5) is 0. The molecule has 0 aliphatic heterocycles. The summed E-state index contributed by atoms with van der Waals surface area (Å²) < 4.78 is 12.1. The fourth-order valence-electron chi connectivity index (χ4n) is 3.61. The van der Waals surface area contributed by atoms with Gasteiger partial charge in [0, 0.05) is 29.5 Å². The molecule has 3 aromatic rings. The van der Waals surface area contributed by atoms with Crippen molar-refractivity contribution in [1.82, 2.24) is 0 Å². The Morgan fingerprint density at radius 1 is 1.24 bits per heavy atom. The normalized spacial score (nSPS) is 13.7. The third-order valence-corrected chi connectivity index (χ3v) is 5.44. The molecule has 0 spiro atoms. The van der Waals surface area contributed by atoms with E-state index < -0.39 is 0 Å². The summed E-state index contributed by atoms with van der Waals surface area (Å²) in [5, 5.41) is 15.1. The third-order valence-electron chi connectivity index (χ3n) is 4.83. The lowest BCUT2D eigenvalue weighted by Gasteiger charge is -2.15. The molecule has 130 valence electrons. The van der Waals surface area contributed by atoms with Crippen molar-refractivity contribution in [1.29, 1.82) is 0 Å². The van der Waals surface area contributed by atoms with Crippen LogP contribution in [-0.2, 0) is 19.4 Å². The molecule has 1 aromatic heterocycles. The number of methoxy groups -OCH3 is 1. The first-order chi connectivity index (χ1) is 12.2. The molecule has 2 N–H and O–H groups in total. The second-order valence-electron chi connectivity index (χ2n) is 6.32. The monoisotopic (exact) mass is 401 g/mol. The highest BCUT2D eigenvalue weighted by molar-refractivity contribution is 9.10. The highest BCUT2D eigenvalue weighted by Crippen LogP contribution is 2.41. The molecule has 25 heavy (non-hydrogen) atoms. The number of furan rings is 1. The number of hydrogen-bond acceptors (Lipinski definition) is 4. The maximum absolute atomic E-state index is 10.7. The molecule has 0 amide bonds. The largest absolute Gasteiger partial charge is 0.506 e. The van der Waals surface area contributed by atoms with E-state index in [9.17, 15) is 5.11 Å². The molecule has 0 unspecified atom stereocenters. The van der Waals surface area contributed by atoms with Crippen molar-refractivity contribution in [2.45, 2.75) is 32.2 Å². The molecule has 0 atom stereocenters. The van der Waals surface area contributed by atoms with Gasteiger partial charge in [-0.2, -0.15) is 0 Å². The average Bonchev–Trinajstić information content (AvgIpc) is 3.00. The van der Waals surface area contributed by atoms with Crippen LogP contribution in [0, 0.1) is 0 Å². The molecule has 0 fully saturated rings. The highest BCUT2D eigenvalue weighted by Gasteiger charge is 2.23. The Balaban J connectivity index is 1.77. The first-order valence-corrected chi connectivity index (χ1v) is 9.30. The van der Waals surface area contributed by atoms with Crippen molar-refractivity contribution < 1.29 is 14.3 Å². The molecule has 1 aliphatic carbocycles. The maximum Gasteiger partial charge on any atom is 0.141 e. The van der Waals surface area contributed by atoms with Crippen molar-refractivity contribution in [3.63, 3.8) is 0 Å². The van der Waals surface area contributed by atoms with Crippen LogP contribution in [0.1, 0.15) is 29.7 Å². The standard InChI is InChI=1S/C20H20BrNO3/c1-24-17-9-5-3-7-15(17)22-11-13-19-12-6-2-4-8-16(12)25-18(19)10-14(21)20(13)23/h3,5,7,9-10,22-23H,2,4,6,8,11H2,1H3. The van der Waals surface area contributed by atoms with Crippen LogP contribution in [-0.4, -0.2) is 12.2 Å². The molecular weight excluding hydrogens is 382 g/mol. The van der Waals surface area contributed by atoms with Crippen molar-refractivity contribution in [2.24, 2.45) is 0 Å². The van der Waals surface area contributed by atoms with Gasteiger partial charge in [-0.1, -0.05) is 12.1 Å². The minimum absolute atomic E-state index is 0.268. The summed E-state index contributed by atoms with van der Waals surface area (Å²) in [6, 6.07) is 9.65. The fourth-order valence-corrected chi connectivity index (χ4v) is 4.06. The van der Waals surface area contributed by atoms with Gasteiger partial charge in [0.15, 0.2) is 0 Å². The SMILES string of the molecule is COc1ccccc1NCc1c(O)c(Br)cc2oc3c(c12)CCCC3. The Bertz CT molecular complexity index is 932. The number of rotatable bonds is 4. The number of fused-ring (bicyclic) bond motifs is 3. The fraction of sp³-hybridized carbons (Fsp3) is 0.300. The van der Waals surface area contributed by atoms with Crippen molar-refractivity contribution >= 4 is 32.6 Å². The molecule has 4 rings (SSSR count). The number of phenolic OH excluding ortho intramolecular Hbond substituents is 1. The molecular formula is C20H20BrNO3. The average molecular weight is 402 g/mol. The Morgan fingerprint density at radius 2 is 2.04 bits per heavy atom. The van der Waals surface area contributed by atoms with Crippen molar-refractivity contribution in [3.8, 4) is 11.5 Å². The van der Waals surface area contributed by atoms with Crippen LogP contribution >= 0.6 is 15.9 Å². The van der Waals surface area contributed by atoms with Gasteiger partial charge in [0.1, 0.15) is 22.8 Å². The minimum Gasteiger partial charge on any atom is -0.506 e. The first kappa shape index (κ1) is 16.3. The predicted octanol–water partition coefficient (Wildman–Crippen LogP) is 5.40. The van der Waals surface area contributed by atoms with Crippen molar-refractivity contribution in [2.75, 3.05) is 12.4 Å². The summed E-state index contributed by atoms with van der Waals surface area (Å²) in [5.74, 6) is 2.11. The van der Waals surface area contributed by atoms with Crippen LogP contribution in [0.15, 0.2) is 39.2 Å². The van der Waals surface area contributed by atoms with E-state index in [-0.39, 0.29) is 5.75 Å². The molecule has 5 heteroatoms. The minimum atomic E-state index is 0.268. The Morgan fingerprint density at radius 3 is 2.88 bits per heavy atom. The lowest BCUT2D eigenvalue weighted by atomic mass is 9.93. The summed E-state index contributed by atoms with van der Waals surface area (Å²) in [6.07, 6.45) is 4.31. The van der Waals surface area contributed by atoms with Crippen LogP contribution in [0.3, 0.4) is 0 Å². The predicted molar refractivity (Wildman–Crippen MR) is 103 cm³/mol. The van der Waals surface area contributed by atoms with E-state index in [4.69, 9.17) is 9.15 Å². The number of ether oxygens (including phenoxy) is 1. The molecule has 0 bridgehead atoms. The molecule has 4 nitrogen and oxygen atoms in total. The Hall–Kier alpha value is -2.14. The lowest BCUT2D eigenvalue weighted by molar-refractivity contribution is 0.416. The summed E-state index contributed by atoms with van der Waals surface area (Å²) >= 11 is 3.45. The van der Waals surface area contributed by atoms with Crippen LogP contribution in [0.4, 0.5) is 5.69 Å². The van der Waals surface area contributed by atoms with Gasteiger partial charge in [-0.05, 0) is 53.4 Å². The van der Waals surface area contributed by atoms with Gasteiger partial charge in [-0.15, -0.1) is 0 Å². The molecule has 0 saturated heterocycles. The van der Waals surface area contributed by atoms with Gasteiger partial charge in [0.25, 0.3) is 0 Å². The maximum atomic E-state index is 10.7. The molecule has 1 heterocycles. The van der Waals surface area contributed by atoms with Crippen molar-refractivity contribution in [3.05, 3.63) is 51.7 Å². The first-order valence-electron chi connectivity index (χ1n) is 8.50. The summed E-state index contributed by atoms with van der Waals surface area (Å²) in [6.45, 7) is 0.494. The number of nitrogens with one attached hydrogen (secondary N) is 1. The Labute approximate surface area is 154 Å². The number of aryl methyl sites for hydroxylation is 2. The molecule has 0 saturated carbocycles. The zero-order valence-electron chi connectivity index (χ0n) is 14.1. The Kier molecular flexibility index (Phi) is 4.34. The van der Waals surface area contributed by atoms with Gasteiger partial charge in [0.05, 0.1) is 17.3 Å². The molecule has 0 radical (unpaired) electrons. The zero-order valence-corrected chi connectivity index (χ0v) is 15.6. The van der Waals surface area contributed by atoms with Crippen LogP contribution in [0.5, 0.6) is 11.5 Å². The number of hydrogen-bond donors (Lipinski definition) is 2. The van der Waals surface area contributed by atoms with Gasteiger partial charge in [0.2, 0.25) is 0 Å². The number of halogens is 1. The lowest BCUT2D eigenvalue weighted by Crippen LogP contribution is -2.04. The second kappa shape index (κ2) is 6.64. The number of para-hydroxylation sites is 2. The smallest absolute Gasteiger partial charge is 0.141 e. The van der Waals surface area contributed by atoms with Gasteiger partial charge < -0.3 is 19.6 Å². The van der Waals surface area contributed by atoms with E-state index in [1.807, 2.05) is 30.3 Å².